The Morgan fingerprint density at radius 2 is 0.949 bits per heavy atom. The van der Waals surface area contributed by atoms with Crippen LogP contribution in [0.5, 0.6) is 0 Å². The summed E-state index contributed by atoms with van der Waals surface area (Å²) in [7, 11) is 0. The fourth-order valence-corrected chi connectivity index (χ4v) is 8.83. The lowest BCUT2D eigenvalue weighted by atomic mass is 9.91. The van der Waals surface area contributed by atoms with Crippen LogP contribution in [-0.2, 0) is 0 Å². The van der Waals surface area contributed by atoms with E-state index in [2.05, 4.69) is 133 Å². The minimum Gasteiger partial charge on any atom is -0.456 e. The molecule has 0 saturated carbocycles. The molecule has 0 amide bonds. The zero-order valence-electron chi connectivity index (χ0n) is 31.7. The van der Waals surface area contributed by atoms with Crippen molar-refractivity contribution >= 4 is 65.2 Å². The van der Waals surface area contributed by atoms with Crippen LogP contribution in [0.4, 0.5) is 0 Å². The predicted molar refractivity (Wildman–Crippen MR) is 242 cm³/mol. The summed E-state index contributed by atoms with van der Waals surface area (Å²) in [6.07, 6.45) is 1.88. The molecule has 5 heteroatoms. The van der Waals surface area contributed by atoms with Gasteiger partial charge in [0.1, 0.15) is 11.2 Å². The Balaban J connectivity index is 1.02. The molecular weight excluding hydrogens is 721 g/mol. The molecule has 0 bridgehead atoms. The van der Waals surface area contributed by atoms with E-state index in [9.17, 15) is 0 Å². The van der Waals surface area contributed by atoms with E-state index >= 15 is 0 Å². The van der Waals surface area contributed by atoms with Gasteiger partial charge >= 0.3 is 0 Å². The molecule has 0 atom stereocenters. The molecular formula is C54H32N4O. The lowest BCUT2D eigenvalue weighted by Crippen LogP contribution is -2.01. The molecule has 3 heterocycles. The van der Waals surface area contributed by atoms with Crippen LogP contribution in [-0.4, -0.2) is 19.9 Å². The Morgan fingerprint density at radius 1 is 0.322 bits per heavy atom. The van der Waals surface area contributed by atoms with Gasteiger partial charge in [-0.1, -0.05) is 158 Å². The van der Waals surface area contributed by atoms with Gasteiger partial charge in [-0.05, 0) is 79.5 Å². The van der Waals surface area contributed by atoms with E-state index in [1.807, 2.05) is 60.8 Å². The zero-order chi connectivity index (χ0) is 38.9. The fraction of sp³-hybridized carbons (Fsp3) is 0. The van der Waals surface area contributed by atoms with Gasteiger partial charge < -0.3 is 4.42 Å². The SMILES string of the molecule is c1ccc(-c2nc(-c3ccc(-c4cc5ccccc5c5ccc6cccnc6c45)cc3)nc(-c3ccc(-c4cccc5oc6ccccc6c45)c4ccccc34)n2)cc1. The Hall–Kier alpha value is -8.02. The zero-order valence-corrected chi connectivity index (χ0v) is 31.7. The van der Waals surface area contributed by atoms with Crippen molar-refractivity contribution in [1.29, 1.82) is 0 Å². The van der Waals surface area contributed by atoms with E-state index in [1.165, 1.54) is 16.2 Å². The third kappa shape index (κ3) is 5.40. The average molecular weight is 753 g/mol. The van der Waals surface area contributed by atoms with Crippen molar-refractivity contribution in [3.63, 3.8) is 0 Å². The molecule has 0 saturated heterocycles. The maximum Gasteiger partial charge on any atom is 0.164 e. The molecule has 0 unspecified atom stereocenters. The van der Waals surface area contributed by atoms with Gasteiger partial charge in [0.05, 0.1) is 5.52 Å². The number of para-hydroxylation sites is 1. The minimum absolute atomic E-state index is 0.610. The van der Waals surface area contributed by atoms with Crippen LogP contribution in [0.3, 0.4) is 0 Å². The second-order valence-electron chi connectivity index (χ2n) is 14.9. The standard InChI is InChI=1S/C54H32N4O/c1-2-12-35(13-3-1)52-56-53(36-25-23-33(24-26-36)46-32-37-14-4-5-16-38(37)43-28-27-34-15-11-31-55-51(34)50(43)46)58-54(57-52)44-30-29-41(39-17-6-7-18-40(39)44)42-20-10-22-48-49(42)45-19-8-9-21-47(45)59-48/h1-32H. The van der Waals surface area contributed by atoms with Crippen LogP contribution in [0, 0.1) is 0 Å². The van der Waals surface area contributed by atoms with Gasteiger partial charge in [-0.3, -0.25) is 4.98 Å². The van der Waals surface area contributed by atoms with Crippen molar-refractivity contribution in [3.05, 3.63) is 194 Å². The second kappa shape index (κ2) is 13.3. The van der Waals surface area contributed by atoms with Crippen LogP contribution in [0.25, 0.3) is 122 Å². The van der Waals surface area contributed by atoms with Crippen molar-refractivity contribution in [1.82, 2.24) is 19.9 Å². The highest BCUT2D eigenvalue weighted by molar-refractivity contribution is 6.22. The monoisotopic (exact) mass is 752 g/mol. The Morgan fingerprint density at radius 3 is 1.78 bits per heavy atom. The van der Waals surface area contributed by atoms with Gasteiger partial charge in [-0.2, -0.15) is 0 Å². The smallest absolute Gasteiger partial charge is 0.164 e. The molecule has 3 aromatic heterocycles. The molecule has 9 aromatic carbocycles. The van der Waals surface area contributed by atoms with E-state index in [0.29, 0.717) is 17.5 Å². The quantitative estimate of drug-likeness (QED) is 0.164. The summed E-state index contributed by atoms with van der Waals surface area (Å²) in [6.45, 7) is 0. The van der Waals surface area contributed by atoms with Gasteiger partial charge in [-0.15, -0.1) is 0 Å². The molecule has 0 aliphatic rings. The van der Waals surface area contributed by atoms with Crippen LogP contribution in [0.1, 0.15) is 0 Å². The molecule has 12 rings (SSSR count). The number of rotatable bonds is 5. The molecule has 0 aliphatic carbocycles. The summed E-state index contributed by atoms with van der Waals surface area (Å²) in [5, 5.41) is 10.3. The number of fused-ring (bicyclic) bond motifs is 9. The van der Waals surface area contributed by atoms with E-state index in [-0.39, 0.29) is 0 Å². The number of benzene rings is 9. The van der Waals surface area contributed by atoms with Gasteiger partial charge in [0.15, 0.2) is 17.5 Å². The Kier molecular flexibility index (Phi) is 7.47. The van der Waals surface area contributed by atoms with Crippen LogP contribution >= 0.6 is 0 Å². The average Bonchev–Trinajstić information content (AvgIpc) is 3.70. The molecule has 274 valence electrons. The summed E-state index contributed by atoms with van der Waals surface area (Å²) < 4.78 is 6.29. The fourth-order valence-electron chi connectivity index (χ4n) is 8.83. The summed E-state index contributed by atoms with van der Waals surface area (Å²) in [6, 6.07) is 65.6. The maximum atomic E-state index is 6.29. The van der Waals surface area contributed by atoms with Crippen molar-refractivity contribution in [2.75, 3.05) is 0 Å². The van der Waals surface area contributed by atoms with Crippen LogP contribution < -0.4 is 0 Å². The number of furan rings is 1. The highest BCUT2D eigenvalue weighted by Crippen LogP contribution is 2.42. The summed E-state index contributed by atoms with van der Waals surface area (Å²) in [5.41, 5.74) is 10.0. The lowest BCUT2D eigenvalue weighted by Gasteiger charge is -2.14. The Bertz CT molecular complexity index is 3610. The van der Waals surface area contributed by atoms with Crippen LogP contribution in [0.15, 0.2) is 199 Å². The largest absolute Gasteiger partial charge is 0.456 e. The van der Waals surface area contributed by atoms with E-state index in [0.717, 1.165) is 87.9 Å². The van der Waals surface area contributed by atoms with Crippen molar-refractivity contribution in [3.8, 4) is 56.4 Å². The Labute approximate surface area is 338 Å². The lowest BCUT2D eigenvalue weighted by molar-refractivity contribution is 0.669. The van der Waals surface area contributed by atoms with Crippen molar-refractivity contribution in [2.24, 2.45) is 0 Å². The predicted octanol–water partition coefficient (Wildman–Crippen LogP) is 14.1. The minimum atomic E-state index is 0.610. The summed E-state index contributed by atoms with van der Waals surface area (Å²) >= 11 is 0. The number of nitrogens with zero attached hydrogens (tertiary/aromatic N) is 4. The first-order valence-corrected chi connectivity index (χ1v) is 19.8. The van der Waals surface area contributed by atoms with E-state index in [4.69, 9.17) is 24.4 Å². The highest BCUT2D eigenvalue weighted by Gasteiger charge is 2.19. The first-order valence-electron chi connectivity index (χ1n) is 19.8. The van der Waals surface area contributed by atoms with Gasteiger partial charge in [0.2, 0.25) is 0 Å². The van der Waals surface area contributed by atoms with Crippen molar-refractivity contribution in [2.45, 2.75) is 0 Å². The maximum absolute atomic E-state index is 6.29. The van der Waals surface area contributed by atoms with E-state index < -0.39 is 0 Å². The molecule has 0 fully saturated rings. The number of aromatic nitrogens is 4. The van der Waals surface area contributed by atoms with Gasteiger partial charge in [-0.25, -0.2) is 15.0 Å². The molecule has 5 nitrogen and oxygen atoms in total. The normalized spacial score (nSPS) is 11.7. The molecule has 0 N–H and O–H groups in total. The first-order chi connectivity index (χ1) is 29.2. The second-order valence-corrected chi connectivity index (χ2v) is 14.9. The van der Waals surface area contributed by atoms with Crippen molar-refractivity contribution < 1.29 is 4.42 Å². The third-order valence-corrected chi connectivity index (χ3v) is 11.6. The number of hydrogen-bond donors (Lipinski definition) is 0. The van der Waals surface area contributed by atoms with Gasteiger partial charge in [0, 0.05) is 44.4 Å². The first kappa shape index (κ1) is 33.2. The summed E-state index contributed by atoms with van der Waals surface area (Å²) in [4.78, 5) is 20.3. The molecule has 0 spiro atoms. The molecule has 12 aromatic rings. The summed E-state index contributed by atoms with van der Waals surface area (Å²) in [5.74, 6) is 1.85. The topological polar surface area (TPSA) is 64.7 Å². The molecule has 0 radical (unpaired) electrons. The number of pyridine rings is 1. The molecule has 0 aliphatic heterocycles. The number of hydrogen-bond acceptors (Lipinski definition) is 5. The molecule has 59 heavy (non-hydrogen) atoms. The van der Waals surface area contributed by atoms with Crippen LogP contribution in [0.2, 0.25) is 0 Å². The third-order valence-electron chi connectivity index (χ3n) is 11.6. The van der Waals surface area contributed by atoms with Gasteiger partial charge in [0.25, 0.3) is 0 Å². The van der Waals surface area contributed by atoms with E-state index in [1.54, 1.807) is 0 Å². The highest BCUT2D eigenvalue weighted by atomic mass is 16.3.